The van der Waals surface area contributed by atoms with Crippen molar-refractivity contribution in [1.29, 1.82) is 0 Å². The number of hydrogen-bond donors (Lipinski definition) is 0. The van der Waals surface area contributed by atoms with Crippen LogP contribution in [0.1, 0.15) is 0 Å². The van der Waals surface area contributed by atoms with E-state index in [9.17, 15) is 0 Å². The van der Waals surface area contributed by atoms with E-state index in [1.807, 2.05) is 0 Å². The molecule has 0 aliphatic carbocycles. The number of rotatable bonds is 3. The van der Waals surface area contributed by atoms with Crippen molar-refractivity contribution in [2.75, 3.05) is 0 Å². The number of benzene rings is 10. The minimum Gasteiger partial charge on any atom is -0.0616 e. The fourth-order valence-electron chi connectivity index (χ4n) is 7.91. The molecule has 0 fully saturated rings. The Morgan fingerprint density at radius 2 is 0.729 bits per heavy atom. The molecule has 10 aromatic rings. The average molecular weight is 607 g/mol. The highest BCUT2D eigenvalue weighted by Crippen LogP contribution is 2.44. The van der Waals surface area contributed by atoms with Crippen molar-refractivity contribution in [1.82, 2.24) is 0 Å². The first-order chi connectivity index (χ1) is 23.8. The fraction of sp³-hybridized carbons (Fsp3) is 0. The maximum atomic E-state index is 2.43. The second kappa shape index (κ2) is 10.7. The van der Waals surface area contributed by atoms with Gasteiger partial charge in [0.05, 0.1) is 0 Å². The maximum absolute atomic E-state index is 2.43. The van der Waals surface area contributed by atoms with Crippen LogP contribution in [0.2, 0.25) is 0 Å². The van der Waals surface area contributed by atoms with Crippen molar-refractivity contribution >= 4 is 64.6 Å². The lowest BCUT2D eigenvalue weighted by atomic mass is 9.86. The van der Waals surface area contributed by atoms with Crippen molar-refractivity contribution in [2.45, 2.75) is 0 Å². The largest absolute Gasteiger partial charge is 0.0616 e. The first-order valence-corrected chi connectivity index (χ1v) is 16.7. The van der Waals surface area contributed by atoms with Gasteiger partial charge in [-0.15, -0.1) is 0 Å². The Morgan fingerprint density at radius 1 is 0.208 bits per heavy atom. The first kappa shape index (κ1) is 26.9. The van der Waals surface area contributed by atoms with Crippen LogP contribution >= 0.6 is 0 Å². The minimum absolute atomic E-state index is 1.23. The molecule has 0 heteroatoms. The van der Waals surface area contributed by atoms with E-state index < -0.39 is 0 Å². The molecular weight excluding hydrogens is 577 g/mol. The highest BCUT2D eigenvalue weighted by Gasteiger charge is 2.16. The van der Waals surface area contributed by atoms with Gasteiger partial charge in [0.2, 0.25) is 0 Å². The van der Waals surface area contributed by atoms with Crippen molar-refractivity contribution < 1.29 is 0 Å². The Kier molecular flexibility index (Phi) is 5.98. The van der Waals surface area contributed by atoms with E-state index in [-0.39, 0.29) is 0 Å². The van der Waals surface area contributed by atoms with Crippen LogP contribution in [0.3, 0.4) is 0 Å². The van der Waals surface area contributed by atoms with Crippen LogP contribution in [0.15, 0.2) is 182 Å². The summed E-state index contributed by atoms with van der Waals surface area (Å²) in [6.07, 6.45) is 0. The highest BCUT2D eigenvalue weighted by molar-refractivity contribution is 6.33. The van der Waals surface area contributed by atoms with E-state index in [4.69, 9.17) is 0 Å². The Labute approximate surface area is 279 Å². The molecule has 0 N–H and O–H groups in total. The van der Waals surface area contributed by atoms with Crippen LogP contribution in [-0.4, -0.2) is 0 Å². The molecule has 0 heterocycles. The second-order valence-electron chi connectivity index (χ2n) is 12.9. The predicted molar refractivity (Wildman–Crippen MR) is 208 cm³/mol. The van der Waals surface area contributed by atoms with Crippen LogP contribution in [-0.2, 0) is 0 Å². The van der Waals surface area contributed by atoms with E-state index in [0.29, 0.717) is 0 Å². The van der Waals surface area contributed by atoms with Gasteiger partial charge >= 0.3 is 0 Å². The van der Waals surface area contributed by atoms with Gasteiger partial charge in [-0.25, -0.2) is 0 Å². The average Bonchev–Trinajstić information content (AvgIpc) is 3.17. The Bertz CT molecular complexity index is 2870. The van der Waals surface area contributed by atoms with Crippen molar-refractivity contribution in [3.05, 3.63) is 182 Å². The van der Waals surface area contributed by atoms with E-state index in [2.05, 4.69) is 182 Å². The van der Waals surface area contributed by atoms with Crippen LogP contribution in [0.5, 0.6) is 0 Å². The van der Waals surface area contributed by atoms with E-state index in [0.717, 1.165) is 0 Å². The van der Waals surface area contributed by atoms with Gasteiger partial charge in [-0.1, -0.05) is 164 Å². The quantitative estimate of drug-likeness (QED) is 0.176. The molecule has 0 aliphatic rings. The third-order valence-electron chi connectivity index (χ3n) is 10.2. The third-order valence-corrected chi connectivity index (χ3v) is 10.2. The zero-order valence-electron chi connectivity index (χ0n) is 26.3. The molecule has 0 aromatic heterocycles. The summed E-state index contributed by atoms with van der Waals surface area (Å²) < 4.78 is 0. The lowest BCUT2D eigenvalue weighted by Gasteiger charge is -2.17. The minimum atomic E-state index is 1.23. The van der Waals surface area contributed by atoms with Gasteiger partial charge in [0, 0.05) is 0 Å². The zero-order chi connectivity index (χ0) is 31.6. The Hall–Kier alpha value is -6.24. The molecule has 0 saturated carbocycles. The molecule has 0 unspecified atom stereocenters. The van der Waals surface area contributed by atoms with E-state index in [1.54, 1.807) is 0 Å². The lowest BCUT2D eigenvalue weighted by molar-refractivity contribution is 1.63. The van der Waals surface area contributed by atoms with Crippen LogP contribution in [0, 0.1) is 0 Å². The molecule has 0 aliphatic heterocycles. The number of hydrogen-bond acceptors (Lipinski definition) is 0. The molecule has 0 atom stereocenters. The molecule has 0 spiro atoms. The summed E-state index contributed by atoms with van der Waals surface area (Å²) in [5.41, 5.74) is 7.48. The molecule has 222 valence electrons. The van der Waals surface area contributed by atoms with Gasteiger partial charge < -0.3 is 0 Å². The molecule has 0 amide bonds. The monoisotopic (exact) mass is 606 g/mol. The molecule has 0 saturated heterocycles. The molecule has 10 aromatic carbocycles. The predicted octanol–water partition coefficient (Wildman–Crippen LogP) is 13.6. The molecule has 0 radical (unpaired) electrons. The van der Waals surface area contributed by atoms with Gasteiger partial charge in [0.25, 0.3) is 0 Å². The van der Waals surface area contributed by atoms with E-state index in [1.165, 1.54) is 98.0 Å². The molecule has 10 rings (SSSR count). The Morgan fingerprint density at radius 3 is 1.52 bits per heavy atom. The van der Waals surface area contributed by atoms with Gasteiger partial charge in [0.1, 0.15) is 0 Å². The highest BCUT2D eigenvalue weighted by atomic mass is 14.2. The topological polar surface area (TPSA) is 0 Å². The summed E-state index contributed by atoms with van der Waals surface area (Å²) >= 11 is 0. The van der Waals surface area contributed by atoms with Crippen molar-refractivity contribution in [3.63, 3.8) is 0 Å². The number of fused-ring (bicyclic) bond motifs is 10. The summed E-state index contributed by atoms with van der Waals surface area (Å²) in [6, 6.07) is 67.1. The summed E-state index contributed by atoms with van der Waals surface area (Å²) in [4.78, 5) is 0. The standard InChI is InChI=1S/C48H30/c1-2-12-35-28-36(25-20-31(35)10-1)37-26-27-44-46(29-37)40-15-5-6-16-41(40)47-30-45(42-17-7-8-18-43(42)48(44)47)34-23-21-33(22-24-34)39-19-9-13-32-11-3-4-14-38(32)39/h1-30H. The van der Waals surface area contributed by atoms with Gasteiger partial charge in [0.15, 0.2) is 0 Å². The summed E-state index contributed by atoms with van der Waals surface area (Å²) in [5.74, 6) is 0. The lowest BCUT2D eigenvalue weighted by Crippen LogP contribution is -1.90. The molecular formula is C48H30. The van der Waals surface area contributed by atoms with Gasteiger partial charge in [-0.2, -0.15) is 0 Å². The second-order valence-corrected chi connectivity index (χ2v) is 12.9. The molecule has 0 nitrogen and oxygen atoms in total. The van der Waals surface area contributed by atoms with Gasteiger partial charge in [-0.05, 0) is 116 Å². The van der Waals surface area contributed by atoms with E-state index >= 15 is 0 Å². The first-order valence-electron chi connectivity index (χ1n) is 16.7. The summed E-state index contributed by atoms with van der Waals surface area (Å²) in [7, 11) is 0. The summed E-state index contributed by atoms with van der Waals surface area (Å²) in [6.45, 7) is 0. The van der Waals surface area contributed by atoms with Crippen LogP contribution in [0.4, 0.5) is 0 Å². The van der Waals surface area contributed by atoms with Crippen molar-refractivity contribution in [2.24, 2.45) is 0 Å². The Balaban J connectivity index is 1.20. The van der Waals surface area contributed by atoms with Crippen LogP contribution in [0.25, 0.3) is 98.0 Å². The smallest absolute Gasteiger partial charge is 0.00199 e. The third kappa shape index (κ3) is 4.16. The maximum Gasteiger partial charge on any atom is -0.00199 e. The molecule has 48 heavy (non-hydrogen) atoms. The van der Waals surface area contributed by atoms with Crippen molar-refractivity contribution in [3.8, 4) is 33.4 Å². The normalized spacial score (nSPS) is 11.8. The molecule has 0 bridgehead atoms. The SMILES string of the molecule is c1ccc2cc(-c3ccc4c(c3)c3ccccc3c3cc(-c5ccc(-c6cccc7ccccc67)cc5)c5ccccc5c43)ccc2c1. The van der Waals surface area contributed by atoms with Crippen LogP contribution < -0.4 is 0 Å². The van der Waals surface area contributed by atoms with Gasteiger partial charge in [-0.3, -0.25) is 0 Å². The fourth-order valence-corrected chi connectivity index (χ4v) is 7.91. The summed E-state index contributed by atoms with van der Waals surface area (Å²) in [5, 5.41) is 15.4. The zero-order valence-corrected chi connectivity index (χ0v) is 26.3.